The van der Waals surface area contributed by atoms with Crippen LogP contribution in [0.15, 0.2) is 28.8 Å². The summed E-state index contributed by atoms with van der Waals surface area (Å²) in [7, 11) is 0. The zero-order valence-corrected chi connectivity index (χ0v) is 11.3. The third kappa shape index (κ3) is 2.28. The van der Waals surface area contributed by atoms with Crippen LogP contribution in [0.5, 0.6) is 0 Å². The molecule has 0 amide bonds. The Labute approximate surface area is 113 Å². The Balaban J connectivity index is 1.77. The maximum Gasteiger partial charge on any atom is 0.243 e. The van der Waals surface area contributed by atoms with Crippen molar-refractivity contribution < 1.29 is 4.52 Å². The number of rotatable bonds is 4. The maximum absolute atomic E-state index is 6.07. The van der Waals surface area contributed by atoms with E-state index in [0.29, 0.717) is 11.8 Å². The molecular weight excluding hydrogens is 238 g/mol. The number of hydrogen-bond acceptors (Lipinski definition) is 4. The number of hydrogen-bond donors (Lipinski definition) is 1. The minimum Gasteiger partial charge on any atom is -0.338 e. The lowest BCUT2D eigenvalue weighted by atomic mass is 9.77. The molecule has 1 aromatic heterocycles. The van der Waals surface area contributed by atoms with Crippen molar-refractivity contribution in [2.24, 2.45) is 11.7 Å². The van der Waals surface area contributed by atoms with Gasteiger partial charge in [0.05, 0.1) is 12.0 Å². The summed E-state index contributed by atoms with van der Waals surface area (Å²) < 4.78 is 5.31. The highest BCUT2D eigenvalue weighted by atomic mass is 16.5. The van der Waals surface area contributed by atoms with Gasteiger partial charge in [0.1, 0.15) is 0 Å². The average Bonchev–Trinajstić information content (AvgIpc) is 2.79. The lowest BCUT2D eigenvalue weighted by molar-refractivity contribution is 0.331. The van der Waals surface area contributed by atoms with Crippen LogP contribution in [0, 0.1) is 5.92 Å². The molecule has 1 aliphatic carbocycles. The molecule has 0 saturated carbocycles. The van der Waals surface area contributed by atoms with Crippen molar-refractivity contribution in [1.82, 2.24) is 10.1 Å². The normalized spacial score (nSPS) is 19.1. The summed E-state index contributed by atoms with van der Waals surface area (Å²) in [4.78, 5) is 4.48. The van der Waals surface area contributed by atoms with Gasteiger partial charge in [0.2, 0.25) is 5.89 Å². The second kappa shape index (κ2) is 4.78. The minimum atomic E-state index is -0.156. The van der Waals surface area contributed by atoms with E-state index in [-0.39, 0.29) is 12.0 Å². The lowest BCUT2D eigenvalue weighted by Gasteiger charge is -2.27. The van der Waals surface area contributed by atoms with Crippen LogP contribution in [0.25, 0.3) is 0 Å². The Morgan fingerprint density at radius 3 is 2.89 bits per heavy atom. The molecule has 0 fully saturated rings. The summed E-state index contributed by atoms with van der Waals surface area (Å²) >= 11 is 0. The molecule has 1 heterocycles. The second-order valence-corrected chi connectivity index (χ2v) is 5.68. The van der Waals surface area contributed by atoms with Gasteiger partial charge < -0.3 is 10.3 Å². The molecule has 100 valence electrons. The molecule has 2 unspecified atom stereocenters. The predicted molar refractivity (Wildman–Crippen MR) is 72.7 cm³/mol. The molecule has 0 bridgehead atoms. The monoisotopic (exact) mass is 257 g/mol. The molecule has 0 aliphatic heterocycles. The number of nitrogens with two attached hydrogens (primary N) is 1. The van der Waals surface area contributed by atoms with Crippen molar-refractivity contribution in [3.63, 3.8) is 0 Å². The summed E-state index contributed by atoms with van der Waals surface area (Å²) in [6, 6.07) is 8.24. The Hall–Kier alpha value is -1.68. The highest BCUT2D eigenvalue weighted by Gasteiger charge is 2.31. The topological polar surface area (TPSA) is 64.9 Å². The van der Waals surface area contributed by atoms with Crippen molar-refractivity contribution in [2.75, 3.05) is 0 Å². The molecule has 4 heteroatoms. The summed E-state index contributed by atoms with van der Waals surface area (Å²) in [6.45, 7) is 4.28. The van der Waals surface area contributed by atoms with Gasteiger partial charge in [0.15, 0.2) is 5.82 Å². The van der Waals surface area contributed by atoms with Crippen LogP contribution in [0.4, 0.5) is 0 Å². The molecule has 0 radical (unpaired) electrons. The van der Waals surface area contributed by atoms with Gasteiger partial charge in [-0.3, -0.25) is 0 Å². The van der Waals surface area contributed by atoms with Crippen LogP contribution in [0.1, 0.15) is 55.1 Å². The van der Waals surface area contributed by atoms with E-state index in [0.717, 1.165) is 18.7 Å². The molecular formula is C15H19N3O. The molecule has 2 N–H and O–H groups in total. The molecule has 1 aromatic carbocycles. The van der Waals surface area contributed by atoms with Crippen molar-refractivity contribution >= 4 is 0 Å². The molecule has 0 saturated heterocycles. The van der Waals surface area contributed by atoms with Crippen LogP contribution >= 0.6 is 0 Å². The molecule has 2 aromatic rings. The number of fused-ring (bicyclic) bond motifs is 1. The zero-order valence-electron chi connectivity index (χ0n) is 11.3. The van der Waals surface area contributed by atoms with E-state index < -0.39 is 0 Å². The molecule has 1 aliphatic rings. The van der Waals surface area contributed by atoms with E-state index in [1.165, 1.54) is 11.1 Å². The second-order valence-electron chi connectivity index (χ2n) is 5.68. The zero-order chi connectivity index (χ0) is 13.4. The smallest absolute Gasteiger partial charge is 0.243 e. The van der Waals surface area contributed by atoms with Gasteiger partial charge in [0, 0.05) is 0 Å². The van der Waals surface area contributed by atoms with Crippen LogP contribution in [-0.2, 0) is 6.42 Å². The van der Waals surface area contributed by atoms with Gasteiger partial charge in [-0.2, -0.15) is 4.98 Å². The van der Waals surface area contributed by atoms with Gasteiger partial charge in [-0.1, -0.05) is 43.3 Å². The fourth-order valence-electron chi connectivity index (χ4n) is 2.64. The van der Waals surface area contributed by atoms with Crippen LogP contribution in [0.2, 0.25) is 0 Å². The van der Waals surface area contributed by atoms with Gasteiger partial charge in [-0.15, -0.1) is 0 Å². The molecule has 0 spiro atoms. The fourth-order valence-corrected chi connectivity index (χ4v) is 2.64. The Morgan fingerprint density at radius 1 is 1.37 bits per heavy atom. The number of nitrogens with zero attached hydrogens (tertiary/aromatic N) is 2. The maximum atomic E-state index is 6.07. The van der Waals surface area contributed by atoms with Crippen molar-refractivity contribution in [3.05, 3.63) is 47.1 Å². The average molecular weight is 257 g/mol. The highest BCUT2D eigenvalue weighted by Crippen LogP contribution is 2.38. The van der Waals surface area contributed by atoms with E-state index in [9.17, 15) is 0 Å². The van der Waals surface area contributed by atoms with E-state index in [4.69, 9.17) is 10.3 Å². The first kappa shape index (κ1) is 12.4. The minimum absolute atomic E-state index is 0.156. The number of benzene rings is 1. The number of aromatic nitrogens is 2. The van der Waals surface area contributed by atoms with Crippen molar-refractivity contribution in [3.8, 4) is 0 Å². The SMILES string of the molecule is CC(C)CC(N)c1nc(C2Cc3ccccc32)no1. The quantitative estimate of drug-likeness (QED) is 0.914. The highest BCUT2D eigenvalue weighted by molar-refractivity contribution is 5.43. The van der Waals surface area contributed by atoms with Gasteiger partial charge >= 0.3 is 0 Å². The van der Waals surface area contributed by atoms with Crippen molar-refractivity contribution in [2.45, 2.75) is 38.6 Å². The fraction of sp³-hybridized carbons (Fsp3) is 0.467. The van der Waals surface area contributed by atoms with Crippen molar-refractivity contribution in [1.29, 1.82) is 0 Å². The first-order chi connectivity index (χ1) is 9.15. The van der Waals surface area contributed by atoms with Crippen LogP contribution in [0.3, 0.4) is 0 Å². The van der Waals surface area contributed by atoms with Crippen LogP contribution < -0.4 is 5.73 Å². The third-order valence-electron chi connectivity index (χ3n) is 3.67. The summed E-state index contributed by atoms with van der Waals surface area (Å²) in [5.74, 6) is 2.13. The first-order valence-corrected chi connectivity index (χ1v) is 6.82. The molecule has 4 nitrogen and oxygen atoms in total. The van der Waals surface area contributed by atoms with Crippen LogP contribution in [-0.4, -0.2) is 10.1 Å². The third-order valence-corrected chi connectivity index (χ3v) is 3.67. The lowest BCUT2D eigenvalue weighted by Crippen LogP contribution is -2.19. The Morgan fingerprint density at radius 2 is 2.16 bits per heavy atom. The summed E-state index contributed by atoms with van der Waals surface area (Å²) in [5, 5.41) is 4.10. The van der Waals surface area contributed by atoms with Gasteiger partial charge in [-0.25, -0.2) is 0 Å². The van der Waals surface area contributed by atoms with E-state index in [1.807, 2.05) is 0 Å². The Bertz CT molecular complexity index is 576. The van der Waals surface area contributed by atoms with E-state index in [2.05, 4.69) is 48.3 Å². The molecule has 3 rings (SSSR count). The largest absolute Gasteiger partial charge is 0.338 e. The Kier molecular flexibility index (Phi) is 3.11. The first-order valence-electron chi connectivity index (χ1n) is 6.82. The standard InChI is InChI=1S/C15H19N3O/c1-9(2)7-13(16)15-17-14(18-19-15)12-8-10-5-3-4-6-11(10)12/h3-6,9,12-13H,7-8,16H2,1-2H3. The summed E-state index contributed by atoms with van der Waals surface area (Å²) in [5.41, 5.74) is 8.76. The summed E-state index contributed by atoms with van der Waals surface area (Å²) in [6.07, 6.45) is 1.86. The molecule has 2 atom stereocenters. The van der Waals surface area contributed by atoms with E-state index in [1.54, 1.807) is 0 Å². The van der Waals surface area contributed by atoms with Gasteiger partial charge in [0.25, 0.3) is 0 Å². The molecule has 19 heavy (non-hydrogen) atoms. The predicted octanol–water partition coefficient (Wildman–Crippen LogP) is 2.80. The van der Waals surface area contributed by atoms with Gasteiger partial charge in [-0.05, 0) is 29.9 Å². The van der Waals surface area contributed by atoms with E-state index >= 15 is 0 Å².